The van der Waals surface area contributed by atoms with Crippen molar-refractivity contribution in [1.82, 2.24) is 20.2 Å². The fourth-order valence-electron chi connectivity index (χ4n) is 5.31. The number of imide groups is 1. The molecule has 0 bridgehead atoms. The number of anilines is 3. The van der Waals surface area contributed by atoms with E-state index in [-0.39, 0.29) is 17.4 Å². The monoisotopic (exact) mass is 526 g/mol. The number of rotatable bonds is 7. The molecule has 1 atom stereocenters. The van der Waals surface area contributed by atoms with Crippen molar-refractivity contribution in [2.45, 2.75) is 71.0 Å². The topological polar surface area (TPSA) is 81.7 Å². The number of nitrogens with zero attached hydrogens (tertiary/aromatic N) is 5. The first kappa shape index (κ1) is 26.8. The molecule has 0 saturated carbocycles. The Morgan fingerprint density at radius 3 is 2.49 bits per heavy atom. The summed E-state index contributed by atoms with van der Waals surface area (Å²) in [6.07, 6.45) is 7.66. The highest BCUT2D eigenvalue weighted by Gasteiger charge is 2.51. The molecule has 3 amide bonds. The van der Waals surface area contributed by atoms with Crippen molar-refractivity contribution in [1.29, 1.82) is 0 Å². The Morgan fingerprint density at radius 1 is 1.08 bits per heavy atom. The first-order chi connectivity index (χ1) is 18.6. The number of hydrogen-bond donors (Lipinski definition) is 1. The number of aromatic nitrogens is 2. The second kappa shape index (κ2) is 10.4. The molecule has 8 heteroatoms. The number of urea groups is 1. The van der Waals surface area contributed by atoms with Crippen molar-refractivity contribution in [2.24, 2.45) is 0 Å². The normalized spacial score (nSPS) is 19.2. The molecular formula is C31H38N6O2. The highest BCUT2D eigenvalue weighted by molar-refractivity contribution is 6.22. The van der Waals surface area contributed by atoms with Gasteiger partial charge in [-0.05, 0) is 86.2 Å². The second-order valence-corrected chi connectivity index (χ2v) is 12.0. The summed E-state index contributed by atoms with van der Waals surface area (Å²) in [5.41, 5.74) is 2.62. The molecule has 0 radical (unpaired) electrons. The Balaban J connectivity index is 1.41. The molecule has 2 aliphatic heterocycles. The van der Waals surface area contributed by atoms with Gasteiger partial charge in [-0.2, -0.15) is 0 Å². The summed E-state index contributed by atoms with van der Waals surface area (Å²) in [5, 5.41) is 3.57. The Morgan fingerprint density at radius 2 is 1.85 bits per heavy atom. The maximum atomic E-state index is 13.7. The van der Waals surface area contributed by atoms with Gasteiger partial charge in [0, 0.05) is 31.5 Å². The zero-order valence-corrected chi connectivity index (χ0v) is 23.5. The lowest BCUT2D eigenvalue weighted by atomic mass is 9.87. The molecule has 2 aliphatic rings. The molecule has 0 aliphatic carbocycles. The highest BCUT2D eigenvalue weighted by atomic mass is 16.2. The third-order valence-electron chi connectivity index (χ3n) is 7.77. The van der Waals surface area contributed by atoms with Gasteiger partial charge in [0.05, 0.1) is 17.6 Å². The molecule has 4 heterocycles. The fraction of sp³-hybridized carbons (Fsp3) is 0.419. The van der Waals surface area contributed by atoms with Crippen molar-refractivity contribution in [3.63, 3.8) is 0 Å². The summed E-state index contributed by atoms with van der Waals surface area (Å²) >= 11 is 0. The zero-order chi connectivity index (χ0) is 27.8. The number of pyridine rings is 2. The van der Waals surface area contributed by atoms with E-state index in [4.69, 9.17) is 0 Å². The molecule has 2 fully saturated rings. The van der Waals surface area contributed by atoms with Gasteiger partial charge >= 0.3 is 6.03 Å². The highest BCUT2D eigenvalue weighted by Crippen LogP contribution is 2.35. The summed E-state index contributed by atoms with van der Waals surface area (Å²) < 4.78 is 0. The molecule has 1 aromatic carbocycles. The van der Waals surface area contributed by atoms with Crippen LogP contribution < -0.4 is 15.1 Å². The van der Waals surface area contributed by atoms with Gasteiger partial charge in [0.1, 0.15) is 11.4 Å². The molecule has 39 heavy (non-hydrogen) atoms. The predicted octanol–water partition coefficient (Wildman–Crippen LogP) is 5.41. The van der Waals surface area contributed by atoms with Gasteiger partial charge in [-0.3, -0.25) is 9.78 Å². The molecule has 8 nitrogen and oxygen atoms in total. The smallest absolute Gasteiger partial charge is 0.323 e. The van der Waals surface area contributed by atoms with E-state index in [1.807, 2.05) is 68.6 Å². The van der Waals surface area contributed by atoms with Crippen LogP contribution in [-0.2, 0) is 16.8 Å². The van der Waals surface area contributed by atoms with Crippen LogP contribution in [0, 0.1) is 0 Å². The number of carbonyl (C=O) groups is 2. The van der Waals surface area contributed by atoms with E-state index in [0.717, 1.165) is 48.6 Å². The van der Waals surface area contributed by atoms with E-state index in [1.165, 1.54) is 4.90 Å². The van der Waals surface area contributed by atoms with Crippen LogP contribution in [0.4, 0.5) is 22.0 Å². The first-order valence-corrected chi connectivity index (χ1v) is 13.7. The number of hydrogen-bond acceptors (Lipinski definition) is 6. The average molecular weight is 527 g/mol. The van der Waals surface area contributed by atoms with Gasteiger partial charge in [-0.1, -0.05) is 32.9 Å². The van der Waals surface area contributed by atoms with Crippen molar-refractivity contribution in [3.8, 4) is 0 Å². The lowest BCUT2D eigenvalue weighted by Crippen LogP contribution is -2.43. The van der Waals surface area contributed by atoms with Crippen LogP contribution in [0.25, 0.3) is 0 Å². The minimum absolute atomic E-state index is 0.0144. The SMILES string of the molecule is CC(C)(C)c1ccc(N2C(=O)N(Cc3ccnc(N(CC4CCCN4)c4cccnc4)c3)C(C)(C)C2=O)cc1. The van der Waals surface area contributed by atoms with Crippen molar-refractivity contribution in [3.05, 3.63) is 78.2 Å². The Labute approximate surface area is 231 Å². The Bertz CT molecular complexity index is 1330. The molecule has 5 rings (SSSR count). The van der Waals surface area contributed by atoms with Crippen LogP contribution in [0.3, 0.4) is 0 Å². The van der Waals surface area contributed by atoms with E-state index in [9.17, 15) is 9.59 Å². The summed E-state index contributed by atoms with van der Waals surface area (Å²) in [6, 6.07) is 15.6. The summed E-state index contributed by atoms with van der Waals surface area (Å²) in [4.78, 5) is 41.3. The van der Waals surface area contributed by atoms with Gasteiger partial charge < -0.3 is 15.1 Å². The van der Waals surface area contributed by atoms with E-state index in [2.05, 4.69) is 41.0 Å². The maximum absolute atomic E-state index is 13.7. The summed E-state index contributed by atoms with van der Waals surface area (Å²) in [6.45, 7) is 12.1. The Hall–Kier alpha value is -3.78. The zero-order valence-electron chi connectivity index (χ0n) is 23.5. The van der Waals surface area contributed by atoms with Gasteiger partial charge in [0.15, 0.2) is 0 Å². The van der Waals surface area contributed by atoms with Crippen LogP contribution in [-0.4, -0.2) is 51.5 Å². The minimum atomic E-state index is -0.986. The molecular weight excluding hydrogens is 488 g/mol. The fourth-order valence-corrected chi connectivity index (χ4v) is 5.31. The van der Waals surface area contributed by atoms with Gasteiger partial charge in [0.2, 0.25) is 0 Å². The standard InChI is InChI=1S/C31H38N6O2/c1-30(2,3)23-10-12-25(13-11-23)37-28(38)31(4,5)36(29(37)39)20-22-14-17-34-27(18-22)35(21-24-8-6-16-33-24)26-9-7-15-32-19-26/h7,9-15,17-19,24,33H,6,8,16,20-21H2,1-5H3. The molecule has 3 aromatic rings. The van der Waals surface area contributed by atoms with Crippen LogP contribution >= 0.6 is 0 Å². The van der Waals surface area contributed by atoms with Crippen molar-refractivity contribution >= 4 is 29.1 Å². The molecule has 2 saturated heterocycles. The van der Waals surface area contributed by atoms with Crippen molar-refractivity contribution < 1.29 is 9.59 Å². The molecule has 1 N–H and O–H groups in total. The largest absolute Gasteiger partial charge is 0.332 e. The van der Waals surface area contributed by atoms with E-state index in [1.54, 1.807) is 17.3 Å². The minimum Gasteiger partial charge on any atom is -0.323 e. The summed E-state index contributed by atoms with van der Waals surface area (Å²) in [7, 11) is 0. The number of carbonyl (C=O) groups excluding carboxylic acids is 2. The van der Waals surface area contributed by atoms with Crippen LogP contribution in [0.15, 0.2) is 67.1 Å². The maximum Gasteiger partial charge on any atom is 0.332 e. The average Bonchev–Trinajstić information content (AvgIpc) is 3.49. The third kappa shape index (κ3) is 5.39. The molecule has 1 unspecified atom stereocenters. The first-order valence-electron chi connectivity index (χ1n) is 13.7. The Kier molecular flexibility index (Phi) is 7.16. The third-order valence-corrected chi connectivity index (χ3v) is 7.77. The van der Waals surface area contributed by atoms with E-state index < -0.39 is 5.54 Å². The molecule has 0 spiro atoms. The summed E-state index contributed by atoms with van der Waals surface area (Å²) in [5.74, 6) is 0.564. The molecule has 2 aromatic heterocycles. The van der Waals surface area contributed by atoms with E-state index >= 15 is 0 Å². The predicted molar refractivity (Wildman–Crippen MR) is 154 cm³/mol. The van der Waals surface area contributed by atoms with Crippen LogP contribution in [0.2, 0.25) is 0 Å². The van der Waals surface area contributed by atoms with Gasteiger partial charge in [0.25, 0.3) is 5.91 Å². The number of amides is 3. The molecule has 204 valence electrons. The quantitative estimate of drug-likeness (QED) is 0.415. The second-order valence-electron chi connectivity index (χ2n) is 12.0. The van der Waals surface area contributed by atoms with Gasteiger partial charge in [-0.15, -0.1) is 0 Å². The van der Waals surface area contributed by atoms with E-state index in [0.29, 0.717) is 18.3 Å². The lowest BCUT2D eigenvalue weighted by molar-refractivity contribution is -0.123. The van der Waals surface area contributed by atoms with Crippen molar-refractivity contribution in [2.75, 3.05) is 22.9 Å². The number of benzene rings is 1. The van der Waals surface area contributed by atoms with Gasteiger partial charge in [-0.25, -0.2) is 14.7 Å². The van der Waals surface area contributed by atoms with Crippen LogP contribution in [0.1, 0.15) is 58.6 Å². The lowest BCUT2D eigenvalue weighted by Gasteiger charge is -2.29. The number of nitrogens with one attached hydrogen (secondary N) is 1. The van der Waals surface area contributed by atoms with Crippen LogP contribution in [0.5, 0.6) is 0 Å².